The van der Waals surface area contributed by atoms with Crippen molar-refractivity contribution in [2.45, 2.75) is 24.4 Å². The molecule has 0 unspecified atom stereocenters. The van der Waals surface area contributed by atoms with Crippen LogP contribution in [0.5, 0.6) is 6.01 Å². The van der Waals surface area contributed by atoms with Crippen molar-refractivity contribution in [1.29, 1.82) is 0 Å². The molecule has 2 aromatic heterocycles. The first-order valence-corrected chi connectivity index (χ1v) is 14.4. The van der Waals surface area contributed by atoms with E-state index < -0.39 is 16.0 Å². The third kappa shape index (κ3) is 4.89. The Morgan fingerprint density at radius 2 is 1.71 bits per heavy atom. The molecule has 0 radical (unpaired) electrons. The fourth-order valence-electron chi connectivity index (χ4n) is 4.62. The summed E-state index contributed by atoms with van der Waals surface area (Å²) in [5, 5.41) is 10.4. The predicted molar refractivity (Wildman–Crippen MR) is 145 cm³/mol. The number of aliphatic hydroxyl groups is 1. The van der Waals surface area contributed by atoms with Crippen LogP contribution in [0.4, 0.5) is 5.69 Å². The van der Waals surface area contributed by atoms with Crippen molar-refractivity contribution < 1.29 is 23.5 Å². The van der Waals surface area contributed by atoms with Gasteiger partial charge in [-0.2, -0.15) is 9.35 Å². The van der Waals surface area contributed by atoms with Crippen LogP contribution in [-0.4, -0.2) is 75.2 Å². The van der Waals surface area contributed by atoms with E-state index in [9.17, 15) is 9.32 Å². The smallest absolute Gasteiger partial charge is 0.296 e. The topological polar surface area (TPSA) is 131 Å². The van der Waals surface area contributed by atoms with Crippen molar-refractivity contribution in [2.75, 3.05) is 26.5 Å². The minimum Gasteiger partial charge on any atom is -0.456 e. The zero-order valence-corrected chi connectivity index (χ0v) is 22.2. The van der Waals surface area contributed by atoms with Gasteiger partial charge in [-0.15, -0.1) is 0 Å². The lowest BCUT2D eigenvalue weighted by atomic mass is 10.0. The molecule has 38 heavy (non-hydrogen) atoms. The zero-order chi connectivity index (χ0) is 26.4. The molecule has 0 aliphatic carbocycles. The van der Waals surface area contributed by atoms with E-state index in [0.717, 1.165) is 16.7 Å². The number of aromatic amines is 1. The van der Waals surface area contributed by atoms with Gasteiger partial charge >= 0.3 is 0 Å². The van der Waals surface area contributed by atoms with Crippen LogP contribution < -0.4 is 9.46 Å². The second-order valence-corrected chi connectivity index (χ2v) is 11.9. The third-order valence-corrected chi connectivity index (χ3v) is 8.27. The lowest BCUT2D eigenvalue weighted by Gasteiger charge is -2.15. The molecule has 4 heterocycles. The van der Waals surface area contributed by atoms with Gasteiger partial charge in [0.1, 0.15) is 33.7 Å². The van der Waals surface area contributed by atoms with E-state index in [2.05, 4.69) is 19.1 Å². The van der Waals surface area contributed by atoms with E-state index in [1.165, 1.54) is 0 Å². The van der Waals surface area contributed by atoms with Crippen LogP contribution in [0.2, 0.25) is 5.02 Å². The molecule has 3 N–H and O–H groups in total. The SMILES string of the molecule is CN[S@](C)(=O)=Nc1ccc(-c2ccc(-c3nc4[nH]c(O[C@@H]5CO[C@H]6[C@@H]5OC[C@H]6O)nc4cc3Cl)cc2)cc1. The van der Waals surface area contributed by atoms with Gasteiger partial charge in [0, 0.05) is 11.8 Å². The summed E-state index contributed by atoms with van der Waals surface area (Å²) in [6, 6.07) is 17.5. The molecular formula is C26H26ClN5O5S. The van der Waals surface area contributed by atoms with Crippen molar-refractivity contribution in [3.05, 3.63) is 59.6 Å². The number of pyridine rings is 1. The van der Waals surface area contributed by atoms with Crippen molar-refractivity contribution in [3.8, 4) is 28.4 Å². The van der Waals surface area contributed by atoms with Crippen LogP contribution in [0, 0.1) is 0 Å². The predicted octanol–water partition coefficient (Wildman–Crippen LogP) is 3.71. The summed E-state index contributed by atoms with van der Waals surface area (Å²) < 4.78 is 36.3. The average molecular weight is 556 g/mol. The molecule has 2 aliphatic rings. The number of nitrogens with one attached hydrogen (secondary N) is 2. The molecule has 12 heteroatoms. The number of benzene rings is 2. The van der Waals surface area contributed by atoms with Gasteiger partial charge < -0.3 is 19.3 Å². The molecule has 10 nitrogen and oxygen atoms in total. The van der Waals surface area contributed by atoms with E-state index in [1.807, 2.05) is 48.5 Å². The Balaban J connectivity index is 1.21. The molecule has 2 aliphatic heterocycles. The first-order valence-electron chi connectivity index (χ1n) is 12.1. The van der Waals surface area contributed by atoms with Crippen LogP contribution in [0.3, 0.4) is 0 Å². The lowest BCUT2D eigenvalue weighted by Crippen LogP contribution is -2.34. The molecule has 2 aromatic carbocycles. The van der Waals surface area contributed by atoms with Gasteiger partial charge in [-0.3, -0.25) is 4.98 Å². The Kier molecular flexibility index (Phi) is 6.58. The zero-order valence-electron chi connectivity index (χ0n) is 20.6. The number of imidazole rings is 1. The standard InChI is InChI=1S/C26H26ClN5O5S/c1-28-38(2,34)32-17-9-7-15(8-10-17)14-3-5-16(6-4-14)22-18(27)11-19-25(30-22)31-26(29-19)37-21-13-36-23-20(33)12-35-24(21)23/h3-11,20-21,23-24,33H,12-13H2,1-2H3,(H,28,32,34)(H,29,30,31)/t20-,21-,23-,24-,38+/m1/s1. The molecule has 0 bridgehead atoms. The maximum absolute atomic E-state index is 12.2. The first kappa shape index (κ1) is 25.2. The lowest BCUT2D eigenvalue weighted by molar-refractivity contribution is 0.00706. The van der Waals surface area contributed by atoms with Crippen LogP contribution in [0.25, 0.3) is 33.5 Å². The van der Waals surface area contributed by atoms with Crippen molar-refractivity contribution in [3.63, 3.8) is 0 Å². The summed E-state index contributed by atoms with van der Waals surface area (Å²) >= 11 is 6.58. The molecule has 2 fully saturated rings. The van der Waals surface area contributed by atoms with Gasteiger partial charge in [0.05, 0.1) is 29.6 Å². The van der Waals surface area contributed by atoms with Gasteiger partial charge in [-0.1, -0.05) is 48.0 Å². The van der Waals surface area contributed by atoms with Crippen LogP contribution >= 0.6 is 11.6 Å². The van der Waals surface area contributed by atoms with E-state index in [4.69, 9.17) is 30.8 Å². The van der Waals surface area contributed by atoms with Crippen molar-refractivity contribution in [1.82, 2.24) is 19.7 Å². The summed E-state index contributed by atoms with van der Waals surface area (Å²) in [4.78, 5) is 12.3. The average Bonchev–Trinajstić information content (AvgIpc) is 3.60. The molecule has 6 rings (SSSR count). The maximum Gasteiger partial charge on any atom is 0.296 e. The summed E-state index contributed by atoms with van der Waals surface area (Å²) in [5.41, 5.74) is 5.25. The number of nitrogens with zero attached hydrogens (tertiary/aromatic N) is 3. The second-order valence-electron chi connectivity index (χ2n) is 9.27. The first-order chi connectivity index (χ1) is 18.3. The van der Waals surface area contributed by atoms with Gasteiger partial charge in [0.25, 0.3) is 6.01 Å². The number of fused-ring (bicyclic) bond motifs is 2. The van der Waals surface area contributed by atoms with E-state index in [0.29, 0.717) is 40.2 Å². The Morgan fingerprint density at radius 1 is 1.05 bits per heavy atom. The van der Waals surface area contributed by atoms with Gasteiger partial charge in [-0.25, -0.2) is 13.9 Å². The van der Waals surface area contributed by atoms with E-state index in [1.54, 1.807) is 19.4 Å². The highest BCUT2D eigenvalue weighted by Gasteiger charge is 2.48. The van der Waals surface area contributed by atoms with E-state index >= 15 is 0 Å². The third-order valence-electron chi connectivity index (χ3n) is 6.67. The van der Waals surface area contributed by atoms with Crippen molar-refractivity contribution in [2.24, 2.45) is 4.36 Å². The largest absolute Gasteiger partial charge is 0.456 e. The minimum atomic E-state index is -2.45. The van der Waals surface area contributed by atoms with Crippen LogP contribution in [0.1, 0.15) is 0 Å². The van der Waals surface area contributed by atoms with Crippen LogP contribution in [-0.2, 0) is 19.4 Å². The number of aromatic nitrogens is 3. The number of hydrogen-bond donors (Lipinski definition) is 3. The van der Waals surface area contributed by atoms with Crippen molar-refractivity contribution >= 4 is 38.4 Å². The Bertz CT molecular complexity index is 1600. The molecule has 0 amide bonds. The summed E-state index contributed by atoms with van der Waals surface area (Å²) in [6.07, 6.45) is -0.183. The monoisotopic (exact) mass is 555 g/mol. The summed E-state index contributed by atoms with van der Waals surface area (Å²) in [5.74, 6) is 0. The Hall–Kier alpha value is -3.06. The number of aliphatic hydroxyl groups excluding tert-OH is 1. The minimum absolute atomic E-state index is 0.230. The van der Waals surface area contributed by atoms with Crippen LogP contribution in [0.15, 0.2) is 59.0 Å². The highest BCUT2D eigenvalue weighted by molar-refractivity contribution is 7.91. The molecule has 5 atom stereocenters. The highest BCUT2D eigenvalue weighted by atomic mass is 35.5. The molecular weight excluding hydrogens is 530 g/mol. The fraction of sp³-hybridized carbons (Fsp3) is 0.308. The molecule has 0 spiro atoms. The number of H-pyrrole nitrogens is 1. The Morgan fingerprint density at radius 3 is 2.42 bits per heavy atom. The normalized spacial score (nSPS) is 24.3. The van der Waals surface area contributed by atoms with Gasteiger partial charge in [0.2, 0.25) is 0 Å². The molecule has 0 saturated carbocycles. The molecule has 198 valence electrons. The second kappa shape index (κ2) is 9.92. The molecule has 4 aromatic rings. The Labute approximate surface area is 224 Å². The number of halogens is 1. The number of rotatable bonds is 6. The van der Waals surface area contributed by atoms with E-state index in [-0.39, 0.29) is 24.9 Å². The molecule has 2 saturated heterocycles. The van der Waals surface area contributed by atoms with Gasteiger partial charge in [0.15, 0.2) is 11.8 Å². The van der Waals surface area contributed by atoms with Gasteiger partial charge in [-0.05, 0) is 36.4 Å². The quantitative estimate of drug-likeness (QED) is 0.330. The number of hydrogen-bond acceptors (Lipinski definition) is 8. The summed E-state index contributed by atoms with van der Waals surface area (Å²) in [6.45, 7) is 0.538. The summed E-state index contributed by atoms with van der Waals surface area (Å²) in [7, 11) is -0.823. The fourth-order valence-corrected chi connectivity index (χ4v) is 5.49. The number of ether oxygens (including phenoxy) is 3. The highest BCUT2D eigenvalue weighted by Crippen LogP contribution is 2.33. The maximum atomic E-state index is 12.2.